The third kappa shape index (κ3) is 5.21. The summed E-state index contributed by atoms with van der Waals surface area (Å²) in [4.78, 5) is 11.9. The third-order valence-electron chi connectivity index (χ3n) is 3.96. The minimum Gasteiger partial charge on any atom is -0.398 e. The zero-order valence-electron chi connectivity index (χ0n) is 12.5. The van der Waals surface area contributed by atoms with E-state index in [0.717, 1.165) is 6.42 Å². The number of nitrogens with two attached hydrogens (primary N) is 1. The first-order valence-electron chi connectivity index (χ1n) is 7.43. The maximum atomic E-state index is 11.9. The first-order chi connectivity index (χ1) is 9.68. The van der Waals surface area contributed by atoms with Crippen LogP contribution in [-0.2, 0) is 4.74 Å². The molecular weight excluding hydrogens is 288 g/mol. The fourth-order valence-electron chi connectivity index (χ4n) is 2.70. The minimum atomic E-state index is -0.136. The number of hydrogen-bond donors (Lipinski definition) is 2. The third-order valence-corrected chi connectivity index (χ3v) is 3.96. The molecule has 0 aliphatic heterocycles. The normalized spacial score (nSPS) is 21.4. The van der Waals surface area contributed by atoms with Gasteiger partial charge in [0.1, 0.15) is 0 Å². The van der Waals surface area contributed by atoms with Crippen molar-refractivity contribution in [2.24, 2.45) is 5.92 Å². The van der Waals surface area contributed by atoms with Crippen LogP contribution in [0.3, 0.4) is 0 Å². The van der Waals surface area contributed by atoms with Crippen molar-refractivity contribution in [3.8, 4) is 0 Å². The number of nitrogens with one attached hydrogen (secondary N) is 1. The Kier molecular flexibility index (Phi) is 7.54. The first kappa shape index (κ1) is 17.8. The molecule has 1 saturated carbocycles. The summed E-state index contributed by atoms with van der Waals surface area (Å²) in [7, 11) is 0. The lowest BCUT2D eigenvalue weighted by Gasteiger charge is -2.28. The fraction of sp³-hybridized carbons (Fsp3) is 0.562. The maximum absolute atomic E-state index is 11.9. The van der Waals surface area contributed by atoms with Gasteiger partial charge in [-0.05, 0) is 30.9 Å². The molecule has 0 heterocycles. The Balaban J connectivity index is 0.00000220. The van der Waals surface area contributed by atoms with Crippen molar-refractivity contribution in [1.29, 1.82) is 0 Å². The van der Waals surface area contributed by atoms with Gasteiger partial charge in [-0.25, -0.2) is 0 Å². The fourth-order valence-corrected chi connectivity index (χ4v) is 2.70. The highest BCUT2D eigenvalue weighted by Gasteiger charge is 2.21. The molecule has 2 atom stereocenters. The smallest absolute Gasteiger partial charge is 0.253 e. The van der Waals surface area contributed by atoms with Gasteiger partial charge in [0.25, 0.3) is 5.91 Å². The summed E-state index contributed by atoms with van der Waals surface area (Å²) in [6, 6.07) is 7.09. The van der Waals surface area contributed by atoms with Crippen LogP contribution < -0.4 is 11.1 Å². The van der Waals surface area contributed by atoms with Crippen LogP contribution in [-0.4, -0.2) is 25.2 Å². The lowest BCUT2D eigenvalue weighted by Crippen LogP contribution is -2.32. The molecule has 4 nitrogen and oxygen atoms in total. The molecule has 1 aliphatic carbocycles. The van der Waals surface area contributed by atoms with Crippen molar-refractivity contribution in [2.75, 3.05) is 18.9 Å². The van der Waals surface area contributed by atoms with E-state index in [-0.39, 0.29) is 18.3 Å². The van der Waals surface area contributed by atoms with Gasteiger partial charge in [0, 0.05) is 12.2 Å². The van der Waals surface area contributed by atoms with Crippen molar-refractivity contribution in [1.82, 2.24) is 5.32 Å². The van der Waals surface area contributed by atoms with Crippen LogP contribution >= 0.6 is 12.4 Å². The number of halogens is 1. The number of carbonyl (C=O) groups is 1. The molecular formula is C16H25ClN2O2. The van der Waals surface area contributed by atoms with Crippen LogP contribution in [0.25, 0.3) is 0 Å². The van der Waals surface area contributed by atoms with E-state index in [1.54, 1.807) is 12.1 Å². The molecule has 1 aromatic rings. The minimum absolute atomic E-state index is 0. The van der Waals surface area contributed by atoms with Crippen LogP contribution in [0, 0.1) is 5.92 Å². The quantitative estimate of drug-likeness (QED) is 0.649. The summed E-state index contributed by atoms with van der Waals surface area (Å²) in [5.74, 6) is 0.493. The summed E-state index contributed by atoms with van der Waals surface area (Å²) in [5.41, 5.74) is 6.80. The van der Waals surface area contributed by atoms with Crippen LogP contribution in [0.1, 0.15) is 43.0 Å². The second-order valence-corrected chi connectivity index (χ2v) is 5.51. The van der Waals surface area contributed by atoms with E-state index < -0.39 is 0 Å². The second kappa shape index (κ2) is 8.90. The van der Waals surface area contributed by atoms with Crippen LogP contribution in [0.4, 0.5) is 5.69 Å². The van der Waals surface area contributed by atoms with Gasteiger partial charge in [-0.1, -0.05) is 31.9 Å². The summed E-state index contributed by atoms with van der Waals surface area (Å²) in [6.07, 6.45) is 5.30. The number of rotatable bonds is 5. The topological polar surface area (TPSA) is 64.3 Å². The van der Waals surface area contributed by atoms with Crippen LogP contribution in [0.15, 0.2) is 24.3 Å². The molecule has 2 rings (SSSR count). The molecule has 0 saturated heterocycles. The number of hydrogen-bond acceptors (Lipinski definition) is 3. The monoisotopic (exact) mass is 312 g/mol. The second-order valence-electron chi connectivity index (χ2n) is 5.51. The van der Waals surface area contributed by atoms with Gasteiger partial charge in [0.2, 0.25) is 0 Å². The van der Waals surface area contributed by atoms with E-state index >= 15 is 0 Å². The zero-order valence-corrected chi connectivity index (χ0v) is 13.3. The molecule has 1 aliphatic rings. The number of ether oxygens (including phenoxy) is 1. The van der Waals surface area contributed by atoms with Crippen LogP contribution in [0.2, 0.25) is 0 Å². The Morgan fingerprint density at radius 1 is 1.33 bits per heavy atom. The molecule has 1 aromatic carbocycles. The highest BCUT2D eigenvalue weighted by molar-refractivity contribution is 5.99. The number of amides is 1. The summed E-state index contributed by atoms with van der Waals surface area (Å²) in [5, 5.41) is 2.85. The molecule has 118 valence electrons. The lowest BCUT2D eigenvalue weighted by atomic mass is 9.88. The number of nitrogen functional groups attached to an aromatic ring is 1. The number of para-hydroxylation sites is 1. The van der Waals surface area contributed by atoms with Crippen molar-refractivity contribution in [3.63, 3.8) is 0 Å². The van der Waals surface area contributed by atoms with E-state index in [0.29, 0.717) is 36.4 Å². The van der Waals surface area contributed by atoms with Gasteiger partial charge in [0.15, 0.2) is 0 Å². The molecule has 2 unspecified atom stereocenters. The number of anilines is 1. The van der Waals surface area contributed by atoms with Crippen molar-refractivity contribution in [3.05, 3.63) is 29.8 Å². The van der Waals surface area contributed by atoms with E-state index in [1.165, 1.54) is 19.3 Å². The SMILES string of the molecule is CC1CCCCC1OCCNC(=O)c1ccccc1N.Cl. The largest absolute Gasteiger partial charge is 0.398 e. The average molecular weight is 313 g/mol. The van der Waals surface area contributed by atoms with Gasteiger partial charge in [0.05, 0.1) is 18.3 Å². The van der Waals surface area contributed by atoms with Crippen molar-refractivity contribution < 1.29 is 9.53 Å². The van der Waals surface area contributed by atoms with E-state index in [1.807, 2.05) is 12.1 Å². The highest BCUT2D eigenvalue weighted by Crippen LogP contribution is 2.25. The molecule has 5 heteroatoms. The Morgan fingerprint density at radius 2 is 2.05 bits per heavy atom. The predicted octanol–water partition coefficient (Wildman–Crippen LogP) is 3.02. The van der Waals surface area contributed by atoms with E-state index in [9.17, 15) is 4.79 Å². The van der Waals surface area contributed by atoms with Gasteiger partial charge in [-0.3, -0.25) is 4.79 Å². The number of carbonyl (C=O) groups excluding carboxylic acids is 1. The van der Waals surface area contributed by atoms with Gasteiger partial charge < -0.3 is 15.8 Å². The van der Waals surface area contributed by atoms with E-state index in [2.05, 4.69) is 12.2 Å². The Labute approximate surface area is 132 Å². The van der Waals surface area contributed by atoms with Gasteiger partial charge >= 0.3 is 0 Å². The summed E-state index contributed by atoms with van der Waals surface area (Å²) in [6.45, 7) is 3.33. The Bertz CT molecular complexity index is 454. The molecule has 0 radical (unpaired) electrons. The zero-order chi connectivity index (χ0) is 14.4. The maximum Gasteiger partial charge on any atom is 0.253 e. The molecule has 3 N–H and O–H groups in total. The predicted molar refractivity (Wildman–Crippen MR) is 87.8 cm³/mol. The molecule has 1 fully saturated rings. The lowest BCUT2D eigenvalue weighted by molar-refractivity contribution is -0.00293. The summed E-state index contributed by atoms with van der Waals surface area (Å²) < 4.78 is 5.87. The van der Waals surface area contributed by atoms with Crippen molar-refractivity contribution >= 4 is 24.0 Å². The summed E-state index contributed by atoms with van der Waals surface area (Å²) >= 11 is 0. The molecule has 1 amide bonds. The Hall–Kier alpha value is -1.26. The molecule has 21 heavy (non-hydrogen) atoms. The average Bonchev–Trinajstić information content (AvgIpc) is 2.45. The molecule has 0 aromatic heterocycles. The van der Waals surface area contributed by atoms with Gasteiger partial charge in [-0.2, -0.15) is 0 Å². The van der Waals surface area contributed by atoms with E-state index in [4.69, 9.17) is 10.5 Å². The number of benzene rings is 1. The highest BCUT2D eigenvalue weighted by atomic mass is 35.5. The molecule has 0 spiro atoms. The van der Waals surface area contributed by atoms with Gasteiger partial charge in [-0.15, -0.1) is 12.4 Å². The Morgan fingerprint density at radius 3 is 2.76 bits per heavy atom. The van der Waals surface area contributed by atoms with Crippen molar-refractivity contribution in [2.45, 2.75) is 38.7 Å². The van der Waals surface area contributed by atoms with Crippen LogP contribution in [0.5, 0.6) is 0 Å². The molecule has 0 bridgehead atoms. The first-order valence-corrected chi connectivity index (χ1v) is 7.43. The standard InChI is InChI=1S/C16H24N2O2.ClH/c1-12-6-2-5-9-15(12)20-11-10-18-16(19)13-7-3-4-8-14(13)17;/h3-4,7-8,12,15H,2,5-6,9-11,17H2,1H3,(H,18,19);1H.